The maximum absolute atomic E-state index is 13.9. The smallest absolute Gasteiger partial charge is 0.258 e. The highest BCUT2D eigenvalue weighted by atomic mass is 35.5. The standard InChI is InChI=1S/C22H22ClFN6O/c1-11-3-21-26-13(8-30(21)7-12(11)2)4-20-27-18-6-19(29-9-16(24)17(25)10-29)15(23)5-14(18)22(31)28-20/h3,5-8,16-17H,4,9-10,25H2,1-2H3,(H,27,28,31)/t16-,17+/m0/s1. The summed E-state index contributed by atoms with van der Waals surface area (Å²) in [4.78, 5) is 26.6. The van der Waals surface area contributed by atoms with Crippen molar-refractivity contribution in [2.24, 2.45) is 5.73 Å². The van der Waals surface area contributed by atoms with Gasteiger partial charge in [0.15, 0.2) is 0 Å². The van der Waals surface area contributed by atoms with E-state index in [4.69, 9.17) is 17.3 Å². The SMILES string of the molecule is Cc1cc2nc(Cc3nc4cc(N5C[C@@H](N)[C@@H](F)C5)c(Cl)cc4c(=O)[nH]3)cn2cc1C. The molecular formula is C22H22ClFN6O. The van der Waals surface area contributed by atoms with Crippen LogP contribution in [0.1, 0.15) is 22.6 Å². The summed E-state index contributed by atoms with van der Waals surface area (Å²) in [5.74, 6) is 0.504. The second-order valence-electron chi connectivity index (χ2n) is 8.23. The van der Waals surface area contributed by atoms with Crippen molar-refractivity contribution in [3.8, 4) is 0 Å². The van der Waals surface area contributed by atoms with E-state index < -0.39 is 12.2 Å². The number of H-pyrrole nitrogens is 1. The van der Waals surface area contributed by atoms with Crippen LogP contribution >= 0.6 is 11.6 Å². The average Bonchev–Trinajstić information content (AvgIpc) is 3.24. The van der Waals surface area contributed by atoms with Gasteiger partial charge in [-0.1, -0.05) is 11.6 Å². The van der Waals surface area contributed by atoms with Gasteiger partial charge in [-0.15, -0.1) is 0 Å². The fraction of sp³-hybridized carbons (Fsp3) is 0.318. The largest absolute Gasteiger partial charge is 0.366 e. The second kappa shape index (κ2) is 7.32. The fourth-order valence-electron chi connectivity index (χ4n) is 4.05. The molecule has 4 heterocycles. The van der Waals surface area contributed by atoms with E-state index in [0.717, 1.165) is 11.3 Å². The third-order valence-electron chi connectivity index (χ3n) is 5.91. The highest BCUT2D eigenvalue weighted by molar-refractivity contribution is 6.34. The number of pyridine rings is 1. The molecule has 5 rings (SSSR count). The van der Waals surface area contributed by atoms with E-state index >= 15 is 0 Å². The van der Waals surface area contributed by atoms with E-state index in [1.165, 1.54) is 11.1 Å². The maximum atomic E-state index is 13.9. The second-order valence-corrected chi connectivity index (χ2v) is 8.64. The quantitative estimate of drug-likeness (QED) is 0.511. The number of nitrogens with two attached hydrogens (primary N) is 1. The Hall–Kier alpha value is -2.97. The Balaban J connectivity index is 1.52. The fourth-order valence-corrected chi connectivity index (χ4v) is 4.34. The molecule has 0 amide bonds. The minimum atomic E-state index is -1.11. The lowest BCUT2D eigenvalue weighted by Crippen LogP contribution is -2.30. The third-order valence-corrected chi connectivity index (χ3v) is 6.22. The van der Waals surface area contributed by atoms with Gasteiger partial charge in [0.25, 0.3) is 5.56 Å². The number of imidazole rings is 1. The molecule has 0 bridgehead atoms. The molecule has 1 saturated heterocycles. The third kappa shape index (κ3) is 3.55. The zero-order valence-corrected chi connectivity index (χ0v) is 17.9. The van der Waals surface area contributed by atoms with Gasteiger partial charge in [0, 0.05) is 25.4 Å². The first-order chi connectivity index (χ1) is 14.8. The van der Waals surface area contributed by atoms with Gasteiger partial charge in [-0.3, -0.25) is 4.79 Å². The van der Waals surface area contributed by atoms with Crippen molar-refractivity contribution in [1.29, 1.82) is 0 Å². The number of aromatic amines is 1. The Bertz CT molecular complexity index is 1330. The van der Waals surface area contributed by atoms with Gasteiger partial charge in [-0.2, -0.15) is 0 Å². The molecule has 9 heteroatoms. The summed E-state index contributed by atoms with van der Waals surface area (Å²) < 4.78 is 15.9. The molecule has 1 aliphatic heterocycles. The number of fused-ring (bicyclic) bond motifs is 2. The van der Waals surface area contributed by atoms with Gasteiger partial charge < -0.3 is 20.0 Å². The summed E-state index contributed by atoms with van der Waals surface area (Å²) in [5, 5.41) is 0.763. The summed E-state index contributed by atoms with van der Waals surface area (Å²) in [7, 11) is 0. The minimum Gasteiger partial charge on any atom is -0.366 e. The number of alkyl halides is 1. The number of nitrogens with one attached hydrogen (secondary N) is 1. The van der Waals surface area contributed by atoms with Gasteiger partial charge in [0.1, 0.15) is 17.6 Å². The Morgan fingerprint density at radius 1 is 1.19 bits per heavy atom. The Kier molecular flexibility index (Phi) is 4.71. The molecule has 4 aromatic rings. The summed E-state index contributed by atoms with van der Waals surface area (Å²) >= 11 is 6.39. The molecule has 3 aromatic heterocycles. The first kappa shape index (κ1) is 20.0. The van der Waals surface area contributed by atoms with Crippen LogP contribution in [-0.2, 0) is 6.42 Å². The Morgan fingerprint density at radius 3 is 2.74 bits per heavy atom. The highest BCUT2D eigenvalue weighted by Crippen LogP contribution is 2.32. The molecule has 0 saturated carbocycles. The molecule has 2 atom stereocenters. The van der Waals surface area contributed by atoms with Crippen LogP contribution in [0.4, 0.5) is 10.1 Å². The van der Waals surface area contributed by atoms with Crippen molar-refractivity contribution in [3.63, 3.8) is 0 Å². The number of rotatable bonds is 3. The summed E-state index contributed by atoms with van der Waals surface area (Å²) in [5.41, 5.74) is 10.7. The number of hydrogen-bond acceptors (Lipinski definition) is 5. The van der Waals surface area contributed by atoms with E-state index in [2.05, 4.69) is 21.9 Å². The lowest BCUT2D eigenvalue weighted by atomic mass is 10.2. The summed E-state index contributed by atoms with van der Waals surface area (Å²) in [6.07, 6.45) is 3.23. The molecule has 0 aliphatic carbocycles. The van der Waals surface area contributed by atoms with Crippen molar-refractivity contribution < 1.29 is 4.39 Å². The zero-order chi connectivity index (χ0) is 21.9. The topological polar surface area (TPSA) is 92.3 Å². The molecule has 160 valence electrons. The van der Waals surface area contributed by atoms with Gasteiger partial charge in [0.2, 0.25) is 0 Å². The molecule has 7 nitrogen and oxygen atoms in total. The van der Waals surface area contributed by atoms with Crippen LogP contribution in [-0.4, -0.2) is 44.7 Å². The number of benzene rings is 1. The van der Waals surface area contributed by atoms with Crippen LogP contribution < -0.4 is 16.2 Å². The molecule has 1 fully saturated rings. The first-order valence-electron chi connectivity index (χ1n) is 10.1. The average molecular weight is 441 g/mol. The zero-order valence-electron chi connectivity index (χ0n) is 17.2. The van der Waals surface area contributed by atoms with Crippen LogP contribution in [0.15, 0.2) is 35.4 Å². The number of anilines is 1. The normalized spacial score (nSPS) is 19.1. The lowest BCUT2D eigenvalue weighted by Gasteiger charge is -2.19. The molecule has 1 aromatic carbocycles. The molecular weight excluding hydrogens is 419 g/mol. The van der Waals surface area contributed by atoms with Crippen LogP contribution in [0, 0.1) is 13.8 Å². The Morgan fingerprint density at radius 2 is 2.00 bits per heavy atom. The van der Waals surface area contributed by atoms with Gasteiger partial charge in [0.05, 0.1) is 39.9 Å². The van der Waals surface area contributed by atoms with Crippen molar-refractivity contribution in [2.75, 3.05) is 18.0 Å². The molecule has 0 radical (unpaired) electrons. The van der Waals surface area contributed by atoms with Crippen LogP contribution in [0.5, 0.6) is 0 Å². The number of aromatic nitrogens is 4. The number of halogens is 2. The molecule has 3 N–H and O–H groups in total. The predicted molar refractivity (Wildman–Crippen MR) is 120 cm³/mol. The van der Waals surface area contributed by atoms with E-state index in [0.29, 0.717) is 40.4 Å². The summed E-state index contributed by atoms with van der Waals surface area (Å²) in [6.45, 7) is 4.64. The molecule has 0 unspecified atom stereocenters. The van der Waals surface area contributed by atoms with E-state index in [1.807, 2.05) is 29.8 Å². The molecule has 1 aliphatic rings. The van der Waals surface area contributed by atoms with E-state index in [1.54, 1.807) is 17.0 Å². The van der Waals surface area contributed by atoms with Gasteiger partial charge >= 0.3 is 0 Å². The highest BCUT2D eigenvalue weighted by Gasteiger charge is 2.31. The first-order valence-corrected chi connectivity index (χ1v) is 10.5. The van der Waals surface area contributed by atoms with Crippen molar-refractivity contribution in [1.82, 2.24) is 19.4 Å². The van der Waals surface area contributed by atoms with Crippen LogP contribution in [0.3, 0.4) is 0 Å². The number of aryl methyl sites for hydroxylation is 2. The van der Waals surface area contributed by atoms with Crippen molar-refractivity contribution in [3.05, 3.63) is 68.6 Å². The maximum Gasteiger partial charge on any atom is 0.258 e. The van der Waals surface area contributed by atoms with Crippen molar-refractivity contribution in [2.45, 2.75) is 32.5 Å². The lowest BCUT2D eigenvalue weighted by molar-refractivity contribution is 0.333. The number of nitrogens with zero attached hydrogens (tertiary/aromatic N) is 4. The van der Waals surface area contributed by atoms with E-state index in [9.17, 15) is 9.18 Å². The van der Waals surface area contributed by atoms with Crippen LogP contribution in [0.25, 0.3) is 16.6 Å². The monoisotopic (exact) mass is 440 g/mol. The molecule has 31 heavy (non-hydrogen) atoms. The van der Waals surface area contributed by atoms with Crippen LogP contribution in [0.2, 0.25) is 5.02 Å². The molecule has 0 spiro atoms. The van der Waals surface area contributed by atoms with Gasteiger partial charge in [-0.05, 0) is 43.2 Å². The van der Waals surface area contributed by atoms with E-state index in [-0.39, 0.29) is 12.1 Å². The predicted octanol–water partition coefficient (Wildman–Crippen LogP) is 2.92. The summed E-state index contributed by atoms with van der Waals surface area (Å²) in [6, 6.07) is 4.78. The number of hydrogen-bond donors (Lipinski definition) is 2. The van der Waals surface area contributed by atoms with Gasteiger partial charge in [-0.25, -0.2) is 14.4 Å². The van der Waals surface area contributed by atoms with Crippen molar-refractivity contribution >= 4 is 33.8 Å². The minimum absolute atomic E-state index is 0.169. The Labute approximate surface area is 182 Å².